The number of Topliss-reactive ketones (excluding diaryl/α,β-unsaturated/α-hetero) is 1. The fourth-order valence-corrected chi connectivity index (χ4v) is 3.02. The van der Waals surface area contributed by atoms with Gasteiger partial charge in [0.2, 0.25) is 0 Å². The van der Waals surface area contributed by atoms with Crippen LogP contribution in [0.4, 0.5) is 0 Å². The van der Waals surface area contributed by atoms with Gasteiger partial charge in [-0.15, -0.1) is 0 Å². The highest BCUT2D eigenvalue weighted by molar-refractivity contribution is 6.07. The van der Waals surface area contributed by atoms with Gasteiger partial charge in [-0.25, -0.2) is 0 Å². The molecule has 0 radical (unpaired) electrons. The molecule has 2 aliphatic heterocycles. The molecule has 2 rings (SSSR count). The van der Waals surface area contributed by atoms with Crippen molar-refractivity contribution in [1.29, 1.82) is 0 Å². The van der Waals surface area contributed by atoms with Crippen molar-refractivity contribution in [2.45, 2.75) is 53.3 Å². The Morgan fingerprint density at radius 1 is 1.45 bits per heavy atom. The van der Waals surface area contributed by atoms with E-state index in [0.29, 0.717) is 0 Å². The van der Waals surface area contributed by atoms with Gasteiger partial charge in [0.05, 0.1) is 12.2 Å². The molecule has 2 atom stereocenters. The highest BCUT2D eigenvalue weighted by Crippen LogP contribution is 2.47. The lowest BCUT2D eigenvalue weighted by atomic mass is 9.85. The number of nitrogens with zero attached hydrogens (tertiary/aromatic N) is 1. The van der Waals surface area contributed by atoms with Crippen molar-refractivity contribution < 1.29 is 19.4 Å². The van der Waals surface area contributed by atoms with Gasteiger partial charge in [0.1, 0.15) is 12.0 Å². The summed E-state index contributed by atoms with van der Waals surface area (Å²) in [6.45, 7) is 11.0. The highest BCUT2D eigenvalue weighted by atomic mass is 16.5. The number of carbonyl (C=O) groups excluding carboxylic acids is 2. The molecule has 0 bridgehead atoms. The van der Waals surface area contributed by atoms with E-state index in [9.17, 15) is 14.7 Å². The van der Waals surface area contributed by atoms with Crippen LogP contribution in [0.25, 0.3) is 0 Å². The predicted octanol–water partition coefficient (Wildman–Crippen LogP) is 2.03. The number of aliphatic hydroxyl groups excluding tert-OH is 1. The molecule has 0 unspecified atom stereocenters. The summed E-state index contributed by atoms with van der Waals surface area (Å²) >= 11 is 0. The molecule has 2 aliphatic rings. The van der Waals surface area contributed by atoms with Crippen LogP contribution >= 0.6 is 0 Å². The standard InChI is InChI=1S/C15H23NO4/c1-8(2)10(17)15-7-20-13(14(4,5)6)16(15)12(19)9(3)11(15)18/h8,13,18H,7H2,1-6H3/t13-,15+/m1/s1. The minimum absolute atomic E-state index is 0.0286. The topological polar surface area (TPSA) is 66.8 Å². The molecule has 0 aromatic carbocycles. The quantitative estimate of drug-likeness (QED) is 0.841. The Bertz CT molecular complexity index is 500. The number of aliphatic hydroxyl groups is 1. The van der Waals surface area contributed by atoms with Crippen LogP contribution in [0.15, 0.2) is 11.3 Å². The maximum Gasteiger partial charge on any atom is 0.256 e. The van der Waals surface area contributed by atoms with E-state index in [1.807, 2.05) is 20.8 Å². The molecular formula is C15H23NO4. The van der Waals surface area contributed by atoms with E-state index in [1.54, 1.807) is 20.8 Å². The van der Waals surface area contributed by atoms with Gasteiger partial charge in [0, 0.05) is 11.3 Å². The Morgan fingerprint density at radius 3 is 2.45 bits per heavy atom. The van der Waals surface area contributed by atoms with Gasteiger partial charge < -0.3 is 9.84 Å². The lowest BCUT2D eigenvalue weighted by Crippen LogP contribution is -2.57. The van der Waals surface area contributed by atoms with Crippen LogP contribution in [0, 0.1) is 11.3 Å². The molecule has 0 aliphatic carbocycles. The Hall–Kier alpha value is -1.36. The third kappa shape index (κ3) is 1.72. The molecule has 0 saturated carbocycles. The number of ketones is 1. The van der Waals surface area contributed by atoms with Crippen LogP contribution in [0.2, 0.25) is 0 Å². The molecule has 1 saturated heterocycles. The first-order chi connectivity index (χ1) is 9.05. The Kier molecular flexibility index (Phi) is 3.25. The fraction of sp³-hybridized carbons (Fsp3) is 0.733. The maximum absolute atomic E-state index is 12.7. The molecule has 0 aromatic heterocycles. The average molecular weight is 281 g/mol. The molecule has 2 heterocycles. The van der Waals surface area contributed by atoms with Crippen molar-refractivity contribution in [3.63, 3.8) is 0 Å². The second kappa shape index (κ2) is 4.32. The van der Waals surface area contributed by atoms with Gasteiger partial charge in [-0.05, 0) is 6.92 Å². The van der Waals surface area contributed by atoms with E-state index < -0.39 is 11.8 Å². The first-order valence-electron chi connectivity index (χ1n) is 6.95. The Balaban J connectivity index is 2.58. The third-order valence-electron chi connectivity index (χ3n) is 4.06. The first kappa shape index (κ1) is 15.0. The largest absolute Gasteiger partial charge is 0.509 e. The SMILES string of the molecule is CC1=C(O)[C@@]2(C(=O)C(C)C)CO[C@H](C(C)(C)C)N2C1=O. The zero-order chi connectivity index (χ0) is 15.5. The van der Waals surface area contributed by atoms with Gasteiger partial charge in [0.15, 0.2) is 11.3 Å². The zero-order valence-corrected chi connectivity index (χ0v) is 13.0. The summed E-state index contributed by atoms with van der Waals surface area (Å²) in [5.41, 5.74) is -1.41. The number of hydrogen-bond donors (Lipinski definition) is 1. The summed E-state index contributed by atoms with van der Waals surface area (Å²) in [6, 6.07) is 0. The molecule has 5 heteroatoms. The Morgan fingerprint density at radius 2 is 2.00 bits per heavy atom. The van der Waals surface area contributed by atoms with Gasteiger partial charge in [-0.3, -0.25) is 14.5 Å². The third-order valence-corrected chi connectivity index (χ3v) is 4.06. The predicted molar refractivity (Wildman–Crippen MR) is 73.9 cm³/mol. The molecule has 1 N–H and O–H groups in total. The Labute approximate surface area is 119 Å². The normalized spacial score (nSPS) is 30.4. The van der Waals surface area contributed by atoms with Crippen molar-refractivity contribution in [2.75, 3.05) is 6.61 Å². The minimum atomic E-state index is -1.33. The fourth-order valence-electron chi connectivity index (χ4n) is 3.02. The summed E-state index contributed by atoms with van der Waals surface area (Å²) in [5.74, 6) is -0.922. The monoisotopic (exact) mass is 281 g/mol. The first-order valence-corrected chi connectivity index (χ1v) is 6.95. The summed E-state index contributed by atoms with van der Waals surface area (Å²) in [5, 5.41) is 10.4. The molecular weight excluding hydrogens is 258 g/mol. The second-order valence-corrected chi connectivity index (χ2v) is 7.06. The van der Waals surface area contributed by atoms with Crippen molar-refractivity contribution in [3.05, 3.63) is 11.3 Å². The molecule has 20 heavy (non-hydrogen) atoms. The molecule has 5 nitrogen and oxygen atoms in total. The lowest BCUT2D eigenvalue weighted by molar-refractivity contribution is -0.146. The van der Waals surface area contributed by atoms with E-state index in [4.69, 9.17) is 4.74 Å². The number of carbonyl (C=O) groups is 2. The average Bonchev–Trinajstić information content (AvgIpc) is 2.82. The lowest BCUT2D eigenvalue weighted by Gasteiger charge is -2.37. The maximum atomic E-state index is 12.7. The smallest absolute Gasteiger partial charge is 0.256 e. The second-order valence-electron chi connectivity index (χ2n) is 7.06. The number of ether oxygens (including phenoxy) is 1. The highest BCUT2D eigenvalue weighted by Gasteiger charge is 2.64. The molecule has 1 fully saturated rings. The van der Waals surface area contributed by atoms with Crippen molar-refractivity contribution in [1.82, 2.24) is 4.90 Å². The van der Waals surface area contributed by atoms with Gasteiger partial charge >= 0.3 is 0 Å². The molecule has 0 aromatic rings. The zero-order valence-electron chi connectivity index (χ0n) is 13.0. The van der Waals surface area contributed by atoms with Gasteiger partial charge in [0.25, 0.3) is 5.91 Å². The van der Waals surface area contributed by atoms with Crippen LogP contribution in [0.5, 0.6) is 0 Å². The van der Waals surface area contributed by atoms with Crippen molar-refractivity contribution >= 4 is 11.7 Å². The number of fused-ring (bicyclic) bond motifs is 1. The van der Waals surface area contributed by atoms with Gasteiger partial charge in [-0.2, -0.15) is 0 Å². The van der Waals surface area contributed by atoms with Crippen molar-refractivity contribution in [3.8, 4) is 0 Å². The summed E-state index contributed by atoms with van der Waals surface area (Å²) < 4.78 is 5.74. The van der Waals surface area contributed by atoms with E-state index in [1.165, 1.54) is 4.90 Å². The van der Waals surface area contributed by atoms with Crippen LogP contribution < -0.4 is 0 Å². The number of hydrogen-bond acceptors (Lipinski definition) is 4. The van der Waals surface area contributed by atoms with E-state index in [2.05, 4.69) is 0 Å². The van der Waals surface area contributed by atoms with Crippen LogP contribution in [-0.4, -0.2) is 40.1 Å². The van der Waals surface area contributed by atoms with Crippen molar-refractivity contribution in [2.24, 2.45) is 11.3 Å². The minimum Gasteiger partial charge on any atom is -0.509 e. The van der Waals surface area contributed by atoms with Crippen LogP contribution in [-0.2, 0) is 14.3 Å². The number of rotatable bonds is 2. The van der Waals surface area contributed by atoms with E-state index in [0.717, 1.165) is 0 Å². The molecule has 0 spiro atoms. The van der Waals surface area contributed by atoms with E-state index >= 15 is 0 Å². The van der Waals surface area contributed by atoms with Crippen LogP contribution in [0.3, 0.4) is 0 Å². The van der Waals surface area contributed by atoms with Gasteiger partial charge in [-0.1, -0.05) is 34.6 Å². The molecule has 112 valence electrons. The summed E-state index contributed by atoms with van der Waals surface area (Å²) in [7, 11) is 0. The number of amides is 1. The van der Waals surface area contributed by atoms with E-state index in [-0.39, 0.29) is 41.0 Å². The summed E-state index contributed by atoms with van der Waals surface area (Å²) in [4.78, 5) is 26.6. The summed E-state index contributed by atoms with van der Waals surface area (Å²) in [6.07, 6.45) is -0.516. The molecule has 1 amide bonds. The van der Waals surface area contributed by atoms with Crippen LogP contribution in [0.1, 0.15) is 41.5 Å².